The molecule has 15 rings (SSSR count). The highest BCUT2D eigenvalue weighted by molar-refractivity contribution is 5.87. The van der Waals surface area contributed by atoms with E-state index in [1.54, 1.807) is 37.2 Å². The summed E-state index contributed by atoms with van der Waals surface area (Å²) in [4.78, 5) is 43.8. The number of rotatable bonds is 17. The van der Waals surface area contributed by atoms with Crippen LogP contribution >= 0.6 is 0 Å². The maximum atomic E-state index is 7.18. The Labute approximate surface area is 532 Å². The topological polar surface area (TPSA) is 197 Å². The lowest BCUT2D eigenvalue weighted by atomic mass is 9.78. The zero-order chi connectivity index (χ0) is 61.0. The van der Waals surface area contributed by atoms with Crippen molar-refractivity contribution >= 4 is 61.8 Å². The Morgan fingerprint density at radius 1 is 0.516 bits per heavy atom. The van der Waals surface area contributed by atoms with Gasteiger partial charge in [-0.25, -0.2) is 19.9 Å². The van der Waals surface area contributed by atoms with E-state index in [1.807, 2.05) is 0 Å². The maximum Gasteiger partial charge on any atom is 0.207 e. The molecule has 5 atom stereocenters. The SMILES string of the molecule is Cc1cn(C)c(N(C2CCC(Oc3cc(N4CCOC(C5C[C@@H](Oc6cc(N7CCOCC7)cc7nccnc67)CC[C@H]5Nc5ccccc5)C4)cc4nccnc34)CC2)C2CN(c3cc(OC4CCC(NC5CCOCC5)CC4)c4nccnc4c3)CCO2)n1. The predicted molar refractivity (Wildman–Crippen MR) is 352 cm³/mol. The Balaban J connectivity index is 0.634. The normalized spacial score (nSPS) is 26.2. The molecule has 8 heterocycles. The number of para-hydroxylation sites is 1. The van der Waals surface area contributed by atoms with Crippen molar-refractivity contribution in [2.75, 3.05) is 104 Å². The van der Waals surface area contributed by atoms with Gasteiger partial charge in [0.1, 0.15) is 40.0 Å². The molecule has 21 nitrogen and oxygen atoms in total. The lowest BCUT2D eigenvalue weighted by molar-refractivity contribution is -0.0298. The number of aromatic nitrogens is 8. The molecule has 91 heavy (non-hydrogen) atoms. The van der Waals surface area contributed by atoms with Crippen LogP contribution in [0, 0.1) is 12.8 Å². The highest BCUT2D eigenvalue weighted by Crippen LogP contribution is 2.42. The minimum Gasteiger partial charge on any atom is -0.488 e. The van der Waals surface area contributed by atoms with Gasteiger partial charge in [0.05, 0.1) is 79.6 Å². The number of aryl methyl sites for hydroxylation is 2. The van der Waals surface area contributed by atoms with Crippen molar-refractivity contribution in [2.24, 2.45) is 13.0 Å². The number of anilines is 5. The van der Waals surface area contributed by atoms with Crippen molar-refractivity contribution in [1.82, 2.24) is 44.8 Å². The third-order valence-electron chi connectivity index (χ3n) is 20.1. The molecule has 478 valence electrons. The zero-order valence-electron chi connectivity index (χ0n) is 52.6. The minimum absolute atomic E-state index is 0.0278. The summed E-state index contributed by atoms with van der Waals surface area (Å²) in [7, 11) is 2.10. The number of hydrogen-bond donors (Lipinski definition) is 2. The van der Waals surface area contributed by atoms with Crippen LogP contribution in [0.25, 0.3) is 33.1 Å². The summed E-state index contributed by atoms with van der Waals surface area (Å²) in [6, 6.07) is 25.0. The van der Waals surface area contributed by atoms with Gasteiger partial charge in [-0.05, 0) is 121 Å². The highest BCUT2D eigenvalue weighted by atomic mass is 16.5. The monoisotopic (exact) mass is 1230 g/mol. The van der Waals surface area contributed by atoms with Gasteiger partial charge < -0.3 is 68.0 Å². The second kappa shape index (κ2) is 27.3. The Morgan fingerprint density at radius 3 is 1.64 bits per heavy atom. The Morgan fingerprint density at radius 2 is 1.03 bits per heavy atom. The van der Waals surface area contributed by atoms with Crippen LogP contribution in [-0.4, -0.2) is 173 Å². The smallest absolute Gasteiger partial charge is 0.207 e. The van der Waals surface area contributed by atoms with Gasteiger partial charge in [-0.3, -0.25) is 15.0 Å². The first kappa shape index (κ1) is 59.6. The molecule has 8 aromatic rings. The van der Waals surface area contributed by atoms with E-state index in [9.17, 15) is 0 Å². The van der Waals surface area contributed by atoms with Crippen LogP contribution in [0.5, 0.6) is 17.2 Å². The molecule has 0 radical (unpaired) electrons. The van der Waals surface area contributed by atoms with E-state index in [1.165, 1.54) is 0 Å². The molecule has 7 fully saturated rings. The van der Waals surface area contributed by atoms with Gasteiger partial charge in [0, 0.05) is 167 Å². The van der Waals surface area contributed by atoms with Gasteiger partial charge >= 0.3 is 0 Å². The number of nitrogens with zero attached hydrogens (tertiary/aromatic N) is 12. The zero-order valence-corrected chi connectivity index (χ0v) is 52.6. The predicted octanol–water partition coefficient (Wildman–Crippen LogP) is 9.85. The van der Waals surface area contributed by atoms with E-state index in [4.69, 9.17) is 68.0 Å². The van der Waals surface area contributed by atoms with E-state index in [0.717, 1.165) is 208 Å². The number of nitrogens with one attached hydrogen (secondary N) is 2. The van der Waals surface area contributed by atoms with Crippen LogP contribution in [0.3, 0.4) is 0 Å². The fourth-order valence-corrected chi connectivity index (χ4v) is 15.4. The molecule has 2 N–H and O–H groups in total. The van der Waals surface area contributed by atoms with Crippen LogP contribution in [0.1, 0.15) is 89.2 Å². The van der Waals surface area contributed by atoms with Crippen molar-refractivity contribution in [3.8, 4) is 17.2 Å². The first-order chi connectivity index (χ1) is 44.8. The molecule has 4 aromatic heterocycles. The molecule has 0 bridgehead atoms. The number of benzene rings is 4. The van der Waals surface area contributed by atoms with E-state index < -0.39 is 0 Å². The van der Waals surface area contributed by atoms with Crippen molar-refractivity contribution < 1.29 is 33.2 Å². The quantitative estimate of drug-likeness (QED) is 0.0873. The summed E-state index contributed by atoms with van der Waals surface area (Å²) >= 11 is 0. The van der Waals surface area contributed by atoms with Gasteiger partial charge in [-0.2, -0.15) is 0 Å². The standard InChI is InChI=1S/C70H86N14O7/c1-46-43-80(2)70(77-46)84(66-45-83(29-35-88-66)53-38-61-68(75-24-22-73-61)63(41-53)89-54-12-8-48(9-13-54)78-49-18-30-85-31-19-49)50-10-14-55(15-11-50)90-62-40-52(37-60-67(62)74-23-21-72-60)82-28-34-87-65(44-82)57-42-56(16-17-58(57)79-47-6-4-3-5-7-47)91-64-39-51(81-26-32-86-33-27-81)36-59-69(64)76-25-20-71-59/h3-7,20-25,36-41,43,48-50,54-58,65-66,78-79H,8-19,26-35,42,44-45H2,1-2H3/t48?,50?,54?,55?,56-,57?,58+,65?,66?/m0/s1. The highest BCUT2D eigenvalue weighted by Gasteiger charge is 2.41. The van der Waals surface area contributed by atoms with Gasteiger partial charge in [0.2, 0.25) is 5.95 Å². The summed E-state index contributed by atoms with van der Waals surface area (Å²) in [6.07, 6.45) is 24.9. The van der Waals surface area contributed by atoms with E-state index >= 15 is 0 Å². The fraction of sp³-hybridized carbons (Fsp3) is 0.529. The third-order valence-corrected chi connectivity index (χ3v) is 20.1. The molecule has 3 aliphatic carbocycles. The number of imidazole rings is 1. The van der Waals surface area contributed by atoms with Crippen LogP contribution in [-0.2, 0) is 26.0 Å². The van der Waals surface area contributed by atoms with Crippen LogP contribution < -0.4 is 44.4 Å². The Bertz CT molecular complexity index is 3740. The van der Waals surface area contributed by atoms with E-state index in [2.05, 4.69) is 122 Å². The first-order valence-electron chi connectivity index (χ1n) is 33.6. The molecule has 3 saturated carbocycles. The van der Waals surface area contributed by atoms with Crippen LogP contribution in [0.15, 0.2) is 110 Å². The minimum atomic E-state index is -0.255. The van der Waals surface area contributed by atoms with Gasteiger partial charge in [-0.1, -0.05) is 18.2 Å². The van der Waals surface area contributed by atoms with Crippen molar-refractivity contribution in [3.05, 3.63) is 116 Å². The van der Waals surface area contributed by atoms with E-state index in [0.29, 0.717) is 51.6 Å². The van der Waals surface area contributed by atoms with Crippen molar-refractivity contribution in [1.29, 1.82) is 0 Å². The van der Waals surface area contributed by atoms with Crippen molar-refractivity contribution in [2.45, 2.75) is 145 Å². The number of fused-ring (bicyclic) bond motifs is 3. The lowest BCUT2D eigenvalue weighted by Crippen LogP contribution is -2.56. The summed E-state index contributed by atoms with van der Waals surface area (Å²) in [5, 5.41) is 7.87. The van der Waals surface area contributed by atoms with E-state index in [-0.39, 0.29) is 48.6 Å². The average molecular weight is 1240 g/mol. The average Bonchev–Trinajstić information content (AvgIpc) is 1.72. The Hall–Kier alpha value is -7.69. The summed E-state index contributed by atoms with van der Waals surface area (Å²) in [6.45, 7) is 10.8. The molecule has 0 spiro atoms. The molecule has 4 aliphatic heterocycles. The maximum absolute atomic E-state index is 7.18. The molecular formula is C70H86N14O7. The van der Waals surface area contributed by atoms with Gasteiger partial charge in [0.25, 0.3) is 0 Å². The first-order valence-corrected chi connectivity index (χ1v) is 33.6. The number of ether oxygens (including phenoxy) is 7. The lowest BCUT2D eigenvalue weighted by Gasteiger charge is -2.45. The van der Waals surface area contributed by atoms with Crippen molar-refractivity contribution in [3.63, 3.8) is 0 Å². The fourth-order valence-electron chi connectivity index (χ4n) is 15.4. The molecule has 4 saturated heterocycles. The second-order valence-electron chi connectivity index (χ2n) is 26.1. The van der Waals surface area contributed by atoms with Gasteiger partial charge in [0.15, 0.2) is 0 Å². The summed E-state index contributed by atoms with van der Waals surface area (Å²) in [5.74, 6) is 3.39. The molecule has 4 aromatic carbocycles. The number of hydrogen-bond acceptors (Lipinski definition) is 20. The Kier molecular flexibility index (Phi) is 17.9. The molecule has 3 unspecified atom stereocenters. The second-order valence-corrected chi connectivity index (χ2v) is 26.1. The van der Waals surface area contributed by atoms with Gasteiger partial charge in [-0.15, -0.1) is 0 Å². The van der Waals surface area contributed by atoms with Crippen LogP contribution in [0.2, 0.25) is 0 Å². The molecule has 0 amide bonds. The molecule has 21 heteroatoms. The number of morpholine rings is 3. The largest absolute Gasteiger partial charge is 0.488 e. The third kappa shape index (κ3) is 13.5. The summed E-state index contributed by atoms with van der Waals surface area (Å²) in [5.41, 5.74) is 10.1. The molecule has 7 aliphatic rings. The summed E-state index contributed by atoms with van der Waals surface area (Å²) < 4.78 is 48.4. The molecular weight excluding hydrogens is 1150 g/mol. The van der Waals surface area contributed by atoms with Crippen LogP contribution in [0.4, 0.5) is 28.7 Å².